The van der Waals surface area contributed by atoms with E-state index in [1.54, 1.807) is 0 Å². The quantitative estimate of drug-likeness (QED) is 0.543. The van der Waals surface area contributed by atoms with E-state index in [4.69, 9.17) is 0 Å². The van der Waals surface area contributed by atoms with E-state index in [0.29, 0.717) is 18.4 Å². The Hall–Kier alpha value is -1.83. The first-order valence-electron chi connectivity index (χ1n) is 5.45. The monoisotopic (exact) mass is 324 g/mol. The number of aldehydes is 1. The SMILES string of the molecule is O=Cc1cc(-c2ccc(C(F)(F)F)c(C(F)(F)F)c2)cs1. The molecule has 0 amide bonds. The molecule has 0 saturated heterocycles. The summed E-state index contributed by atoms with van der Waals surface area (Å²) in [6.45, 7) is 0. The highest BCUT2D eigenvalue weighted by molar-refractivity contribution is 7.12. The molecular weight excluding hydrogens is 318 g/mol. The first-order chi connectivity index (χ1) is 9.63. The lowest BCUT2D eigenvalue weighted by atomic mass is 10.00. The van der Waals surface area contributed by atoms with Gasteiger partial charge < -0.3 is 0 Å². The highest BCUT2D eigenvalue weighted by Gasteiger charge is 2.43. The average molecular weight is 324 g/mol. The molecule has 0 aliphatic heterocycles. The van der Waals surface area contributed by atoms with Gasteiger partial charge >= 0.3 is 12.4 Å². The van der Waals surface area contributed by atoms with Crippen LogP contribution in [0.5, 0.6) is 0 Å². The molecule has 0 N–H and O–H groups in total. The van der Waals surface area contributed by atoms with Gasteiger partial charge in [-0.2, -0.15) is 26.3 Å². The molecule has 2 rings (SSSR count). The normalized spacial score (nSPS) is 12.5. The molecule has 2 aromatic rings. The topological polar surface area (TPSA) is 17.1 Å². The number of benzene rings is 1. The van der Waals surface area contributed by atoms with E-state index in [1.807, 2.05) is 0 Å². The third kappa shape index (κ3) is 3.26. The van der Waals surface area contributed by atoms with Crippen molar-refractivity contribution in [2.75, 3.05) is 0 Å². The van der Waals surface area contributed by atoms with E-state index in [9.17, 15) is 31.1 Å². The molecule has 0 saturated carbocycles. The summed E-state index contributed by atoms with van der Waals surface area (Å²) < 4.78 is 76.3. The first kappa shape index (κ1) is 15.6. The minimum absolute atomic E-state index is 0.0281. The zero-order chi connectivity index (χ0) is 15.8. The van der Waals surface area contributed by atoms with Crippen molar-refractivity contribution in [1.29, 1.82) is 0 Å². The summed E-state index contributed by atoms with van der Waals surface area (Å²) in [5.41, 5.74) is -3.24. The first-order valence-corrected chi connectivity index (χ1v) is 6.33. The number of carbonyl (C=O) groups excluding carboxylic acids is 1. The number of rotatable bonds is 2. The fraction of sp³-hybridized carbons (Fsp3) is 0.154. The second-order valence-corrected chi connectivity index (χ2v) is 5.05. The van der Waals surface area contributed by atoms with Gasteiger partial charge in [0.15, 0.2) is 6.29 Å². The lowest BCUT2D eigenvalue weighted by molar-refractivity contribution is -0.162. The fourth-order valence-electron chi connectivity index (χ4n) is 1.77. The molecule has 112 valence electrons. The second-order valence-electron chi connectivity index (χ2n) is 4.11. The molecule has 0 aliphatic rings. The molecule has 21 heavy (non-hydrogen) atoms. The predicted molar refractivity (Wildman–Crippen MR) is 65.1 cm³/mol. The van der Waals surface area contributed by atoms with Crippen molar-refractivity contribution in [3.8, 4) is 11.1 Å². The number of hydrogen-bond donors (Lipinski definition) is 0. The summed E-state index contributed by atoms with van der Waals surface area (Å²) in [7, 11) is 0. The predicted octanol–water partition coefficient (Wildman–Crippen LogP) is 5.27. The lowest BCUT2D eigenvalue weighted by Crippen LogP contribution is -2.16. The van der Waals surface area contributed by atoms with E-state index >= 15 is 0 Å². The zero-order valence-electron chi connectivity index (χ0n) is 10.0. The average Bonchev–Trinajstić information content (AvgIpc) is 2.84. The van der Waals surface area contributed by atoms with Gasteiger partial charge in [0.25, 0.3) is 0 Å². The smallest absolute Gasteiger partial charge is 0.297 e. The maximum absolute atomic E-state index is 12.8. The fourth-order valence-corrected chi connectivity index (χ4v) is 2.49. The third-order valence-electron chi connectivity index (χ3n) is 2.70. The van der Waals surface area contributed by atoms with Crippen molar-refractivity contribution in [2.45, 2.75) is 12.4 Å². The maximum atomic E-state index is 12.8. The Morgan fingerprint density at radius 3 is 1.95 bits per heavy atom. The molecule has 0 bridgehead atoms. The van der Waals surface area contributed by atoms with Crippen molar-refractivity contribution >= 4 is 17.6 Å². The molecule has 0 fully saturated rings. The van der Waals surface area contributed by atoms with Gasteiger partial charge in [-0.1, -0.05) is 6.07 Å². The molecule has 1 heterocycles. The van der Waals surface area contributed by atoms with Crippen molar-refractivity contribution in [3.05, 3.63) is 45.6 Å². The summed E-state index contributed by atoms with van der Waals surface area (Å²) in [5, 5.41) is 1.41. The van der Waals surface area contributed by atoms with Crippen LogP contribution in [-0.4, -0.2) is 6.29 Å². The molecule has 1 aromatic carbocycles. The number of hydrogen-bond acceptors (Lipinski definition) is 2. The summed E-state index contributed by atoms with van der Waals surface area (Å²) >= 11 is 0.996. The van der Waals surface area contributed by atoms with Crippen LogP contribution in [0.4, 0.5) is 26.3 Å². The lowest BCUT2D eigenvalue weighted by Gasteiger charge is -2.16. The number of alkyl halides is 6. The minimum atomic E-state index is -5.12. The van der Waals surface area contributed by atoms with E-state index in [1.165, 1.54) is 11.4 Å². The summed E-state index contributed by atoms with van der Waals surface area (Å²) in [5.74, 6) is 0. The number of carbonyl (C=O) groups is 1. The van der Waals surface area contributed by atoms with Gasteiger partial charge in [0.1, 0.15) is 0 Å². The zero-order valence-corrected chi connectivity index (χ0v) is 10.9. The maximum Gasteiger partial charge on any atom is 0.417 e. The van der Waals surface area contributed by atoms with Gasteiger partial charge in [0.2, 0.25) is 0 Å². The molecule has 0 unspecified atom stereocenters. The highest BCUT2D eigenvalue weighted by atomic mass is 32.1. The van der Waals surface area contributed by atoms with Crippen molar-refractivity contribution < 1.29 is 31.1 Å². The number of thiophene rings is 1. The van der Waals surface area contributed by atoms with Crippen LogP contribution in [0.1, 0.15) is 20.8 Å². The van der Waals surface area contributed by atoms with Crippen LogP contribution in [0.25, 0.3) is 11.1 Å². The van der Waals surface area contributed by atoms with Crippen LogP contribution in [0, 0.1) is 0 Å². The molecule has 1 aromatic heterocycles. The molecular formula is C13H6F6OS. The van der Waals surface area contributed by atoms with E-state index in [0.717, 1.165) is 17.4 Å². The van der Waals surface area contributed by atoms with Gasteiger partial charge in [-0.05, 0) is 34.7 Å². The van der Waals surface area contributed by atoms with Crippen LogP contribution >= 0.6 is 11.3 Å². The summed E-state index contributed by atoms with van der Waals surface area (Å²) in [6, 6.07) is 3.12. The van der Waals surface area contributed by atoms with Gasteiger partial charge in [0, 0.05) is 0 Å². The molecule has 8 heteroatoms. The summed E-state index contributed by atoms with van der Waals surface area (Å²) in [4.78, 5) is 10.8. The van der Waals surface area contributed by atoms with Crippen molar-refractivity contribution in [2.24, 2.45) is 0 Å². The van der Waals surface area contributed by atoms with E-state index in [2.05, 4.69) is 0 Å². The molecule has 0 radical (unpaired) electrons. The third-order valence-corrected chi connectivity index (χ3v) is 3.56. The Morgan fingerprint density at radius 2 is 1.48 bits per heavy atom. The largest absolute Gasteiger partial charge is 0.417 e. The van der Waals surface area contributed by atoms with Crippen molar-refractivity contribution in [1.82, 2.24) is 0 Å². The number of halogens is 6. The van der Waals surface area contributed by atoms with E-state index < -0.39 is 23.5 Å². The Bertz CT molecular complexity index is 668. The molecule has 1 nitrogen and oxygen atoms in total. The Morgan fingerprint density at radius 1 is 0.857 bits per heavy atom. The van der Waals surface area contributed by atoms with Crippen LogP contribution in [0.2, 0.25) is 0 Å². The van der Waals surface area contributed by atoms with E-state index in [-0.39, 0.29) is 16.0 Å². The van der Waals surface area contributed by atoms with Gasteiger partial charge in [-0.15, -0.1) is 11.3 Å². The Labute approximate surface area is 118 Å². The molecule has 0 spiro atoms. The Balaban J connectivity index is 2.59. The van der Waals surface area contributed by atoms with Gasteiger partial charge in [-0.3, -0.25) is 4.79 Å². The van der Waals surface area contributed by atoms with Crippen molar-refractivity contribution in [3.63, 3.8) is 0 Å². The Kier molecular flexibility index (Phi) is 3.83. The standard InChI is InChI=1S/C13H6F6OS/c14-12(15,16)10-2-1-7(4-11(10)13(17,18)19)8-3-9(5-20)21-6-8/h1-6H. The molecule has 0 aliphatic carbocycles. The summed E-state index contributed by atoms with van der Waals surface area (Å²) in [6.07, 6.45) is -9.70. The van der Waals surface area contributed by atoms with Crippen LogP contribution in [0.3, 0.4) is 0 Å². The molecule has 0 atom stereocenters. The van der Waals surface area contributed by atoms with Gasteiger partial charge in [-0.25, -0.2) is 0 Å². The van der Waals surface area contributed by atoms with Gasteiger partial charge in [0.05, 0.1) is 16.0 Å². The van der Waals surface area contributed by atoms with Crippen LogP contribution in [0.15, 0.2) is 29.6 Å². The minimum Gasteiger partial charge on any atom is -0.297 e. The highest BCUT2D eigenvalue weighted by Crippen LogP contribution is 2.42. The second kappa shape index (κ2) is 5.18. The van der Waals surface area contributed by atoms with Crippen LogP contribution < -0.4 is 0 Å². The van der Waals surface area contributed by atoms with Crippen LogP contribution in [-0.2, 0) is 12.4 Å².